The Balaban J connectivity index is 2.61. The van der Waals surface area contributed by atoms with Crippen LogP contribution in [0.5, 0.6) is 0 Å². The first-order valence-corrected chi connectivity index (χ1v) is 7.66. The van der Waals surface area contributed by atoms with E-state index in [-0.39, 0.29) is 23.9 Å². The first-order valence-electron chi connectivity index (χ1n) is 7.66. The molecule has 0 aromatic carbocycles. The summed E-state index contributed by atoms with van der Waals surface area (Å²) in [5.41, 5.74) is 0. The number of likely N-dealkylation sites (tertiary alicyclic amines) is 1. The lowest BCUT2D eigenvalue weighted by Gasteiger charge is -2.35. The SMILES string of the molecule is CCC(C)N(C(=O)CN1CCC(C(=O)O)C1)C(C)CC. The highest BCUT2D eigenvalue weighted by atomic mass is 16.4. The van der Waals surface area contributed by atoms with E-state index in [1.807, 2.05) is 9.80 Å². The Bertz CT molecular complexity index is 336. The van der Waals surface area contributed by atoms with Gasteiger partial charge in [-0.1, -0.05) is 13.8 Å². The molecule has 0 aliphatic carbocycles. The van der Waals surface area contributed by atoms with Gasteiger partial charge in [-0.05, 0) is 39.7 Å². The highest BCUT2D eigenvalue weighted by molar-refractivity contribution is 5.79. The monoisotopic (exact) mass is 284 g/mol. The molecule has 3 atom stereocenters. The van der Waals surface area contributed by atoms with E-state index in [0.717, 1.165) is 12.8 Å². The lowest BCUT2D eigenvalue weighted by Crippen LogP contribution is -2.48. The molecule has 1 rings (SSSR count). The van der Waals surface area contributed by atoms with Gasteiger partial charge in [0, 0.05) is 18.6 Å². The number of carboxylic acid groups (broad SMARTS) is 1. The average molecular weight is 284 g/mol. The van der Waals surface area contributed by atoms with Crippen molar-refractivity contribution in [1.82, 2.24) is 9.80 Å². The van der Waals surface area contributed by atoms with Crippen LogP contribution >= 0.6 is 0 Å². The maximum Gasteiger partial charge on any atom is 0.307 e. The fraction of sp³-hybridized carbons (Fsp3) is 0.867. The van der Waals surface area contributed by atoms with Gasteiger partial charge < -0.3 is 10.0 Å². The molecular formula is C15H28N2O3. The Morgan fingerprint density at radius 2 is 1.80 bits per heavy atom. The quantitative estimate of drug-likeness (QED) is 0.774. The smallest absolute Gasteiger partial charge is 0.307 e. The molecule has 3 unspecified atom stereocenters. The summed E-state index contributed by atoms with van der Waals surface area (Å²) in [5, 5.41) is 9.00. The third kappa shape index (κ3) is 4.20. The summed E-state index contributed by atoms with van der Waals surface area (Å²) in [4.78, 5) is 27.4. The molecule has 0 aromatic rings. The zero-order valence-electron chi connectivity index (χ0n) is 13.1. The second kappa shape index (κ2) is 7.62. The molecule has 1 N–H and O–H groups in total. The van der Waals surface area contributed by atoms with Crippen molar-refractivity contribution in [2.45, 2.75) is 59.0 Å². The highest BCUT2D eigenvalue weighted by Gasteiger charge is 2.31. The van der Waals surface area contributed by atoms with Gasteiger partial charge in [-0.15, -0.1) is 0 Å². The Morgan fingerprint density at radius 3 is 2.20 bits per heavy atom. The molecule has 5 heteroatoms. The van der Waals surface area contributed by atoms with E-state index in [1.165, 1.54) is 0 Å². The van der Waals surface area contributed by atoms with Gasteiger partial charge in [0.05, 0.1) is 12.5 Å². The molecular weight excluding hydrogens is 256 g/mol. The predicted molar refractivity (Wildman–Crippen MR) is 78.5 cm³/mol. The lowest BCUT2D eigenvalue weighted by atomic mass is 10.1. The van der Waals surface area contributed by atoms with Crippen LogP contribution in [-0.2, 0) is 9.59 Å². The normalized spacial score (nSPS) is 22.5. The van der Waals surface area contributed by atoms with Crippen LogP contribution in [0.3, 0.4) is 0 Å². The van der Waals surface area contributed by atoms with Crippen LogP contribution in [0.4, 0.5) is 0 Å². The van der Waals surface area contributed by atoms with E-state index in [1.54, 1.807) is 0 Å². The third-order valence-electron chi connectivity index (χ3n) is 4.40. The van der Waals surface area contributed by atoms with Crippen molar-refractivity contribution >= 4 is 11.9 Å². The van der Waals surface area contributed by atoms with Crippen molar-refractivity contribution < 1.29 is 14.7 Å². The van der Waals surface area contributed by atoms with Crippen molar-refractivity contribution in [2.75, 3.05) is 19.6 Å². The van der Waals surface area contributed by atoms with Crippen LogP contribution in [0.2, 0.25) is 0 Å². The Labute approximate surface area is 121 Å². The van der Waals surface area contributed by atoms with Gasteiger partial charge in [0.25, 0.3) is 0 Å². The number of rotatable bonds is 7. The van der Waals surface area contributed by atoms with Gasteiger partial charge in [0.15, 0.2) is 0 Å². The molecule has 20 heavy (non-hydrogen) atoms. The maximum absolute atomic E-state index is 12.5. The molecule has 1 fully saturated rings. The van der Waals surface area contributed by atoms with Crippen molar-refractivity contribution in [1.29, 1.82) is 0 Å². The first-order chi connectivity index (χ1) is 9.40. The van der Waals surface area contributed by atoms with E-state index in [9.17, 15) is 9.59 Å². The minimum Gasteiger partial charge on any atom is -0.481 e. The number of carbonyl (C=O) groups excluding carboxylic acids is 1. The predicted octanol–water partition coefficient (Wildman–Crippen LogP) is 1.82. The van der Waals surface area contributed by atoms with Crippen molar-refractivity contribution in [3.63, 3.8) is 0 Å². The molecule has 1 heterocycles. The number of aliphatic carboxylic acids is 1. The zero-order chi connectivity index (χ0) is 15.3. The minimum absolute atomic E-state index is 0.125. The topological polar surface area (TPSA) is 60.9 Å². The molecule has 116 valence electrons. The molecule has 0 aromatic heterocycles. The zero-order valence-corrected chi connectivity index (χ0v) is 13.1. The van der Waals surface area contributed by atoms with Gasteiger partial charge in [-0.2, -0.15) is 0 Å². The highest BCUT2D eigenvalue weighted by Crippen LogP contribution is 2.18. The summed E-state index contributed by atoms with van der Waals surface area (Å²) >= 11 is 0. The van der Waals surface area contributed by atoms with Crippen LogP contribution in [0, 0.1) is 5.92 Å². The van der Waals surface area contributed by atoms with E-state index >= 15 is 0 Å². The molecule has 1 saturated heterocycles. The summed E-state index contributed by atoms with van der Waals surface area (Å²) in [7, 11) is 0. The fourth-order valence-corrected chi connectivity index (χ4v) is 2.77. The van der Waals surface area contributed by atoms with Crippen molar-refractivity contribution in [2.24, 2.45) is 5.92 Å². The van der Waals surface area contributed by atoms with Gasteiger partial charge >= 0.3 is 5.97 Å². The second-order valence-electron chi connectivity index (χ2n) is 5.87. The van der Waals surface area contributed by atoms with E-state index < -0.39 is 5.97 Å². The van der Waals surface area contributed by atoms with Crippen molar-refractivity contribution in [3.05, 3.63) is 0 Å². The third-order valence-corrected chi connectivity index (χ3v) is 4.40. The maximum atomic E-state index is 12.5. The largest absolute Gasteiger partial charge is 0.481 e. The number of nitrogens with zero attached hydrogens (tertiary/aromatic N) is 2. The van der Waals surface area contributed by atoms with E-state index in [0.29, 0.717) is 26.1 Å². The van der Waals surface area contributed by atoms with E-state index in [4.69, 9.17) is 5.11 Å². The first kappa shape index (κ1) is 17.0. The molecule has 1 aliphatic heterocycles. The number of hydrogen-bond acceptors (Lipinski definition) is 3. The summed E-state index contributed by atoms with van der Waals surface area (Å²) in [6.07, 6.45) is 2.52. The lowest BCUT2D eigenvalue weighted by molar-refractivity contribution is -0.142. The van der Waals surface area contributed by atoms with Crippen LogP contribution < -0.4 is 0 Å². The molecule has 1 aliphatic rings. The van der Waals surface area contributed by atoms with Gasteiger partial charge in [0.2, 0.25) is 5.91 Å². The van der Waals surface area contributed by atoms with Crippen LogP contribution in [0.25, 0.3) is 0 Å². The molecule has 0 radical (unpaired) electrons. The molecule has 0 saturated carbocycles. The number of carboxylic acids is 1. The summed E-state index contributed by atoms with van der Waals surface area (Å²) in [6, 6.07) is 0.464. The summed E-state index contributed by atoms with van der Waals surface area (Å²) in [6.45, 7) is 9.88. The standard InChI is InChI=1S/C15H28N2O3/c1-5-11(3)17(12(4)6-2)14(18)10-16-8-7-13(9-16)15(19)20/h11-13H,5-10H2,1-4H3,(H,19,20). The van der Waals surface area contributed by atoms with Crippen LogP contribution in [-0.4, -0.2) is 58.5 Å². The van der Waals surface area contributed by atoms with Gasteiger partial charge in [-0.3, -0.25) is 14.5 Å². The molecule has 5 nitrogen and oxygen atoms in total. The van der Waals surface area contributed by atoms with Crippen LogP contribution in [0.15, 0.2) is 0 Å². The minimum atomic E-state index is -0.749. The number of carbonyl (C=O) groups is 2. The second-order valence-corrected chi connectivity index (χ2v) is 5.87. The van der Waals surface area contributed by atoms with Crippen LogP contribution in [0.1, 0.15) is 47.0 Å². The van der Waals surface area contributed by atoms with Crippen molar-refractivity contribution in [3.8, 4) is 0 Å². The molecule has 1 amide bonds. The Morgan fingerprint density at radius 1 is 1.25 bits per heavy atom. The van der Waals surface area contributed by atoms with E-state index in [2.05, 4.69) is 27.7 Å². The Kier molecular flexibility index (Phi) is 6.46. The number of amides is 1. The summed E-state index contributed by atoms with van der Waals surface area (Å²) in [5.74, 6) is -0.941. The summed E-state index contributed by atoms with van der Waals surface area (Å²) < 4.78 is 0. The van der Waals surface area contributed by atoms with Gasteiger partial charge in [0.1, 0.15) is 0 Å². The average Bonchev–Trinajstić information content (AvgIpc) is 2.87. The number of hydrogen-bond donors (Lipinski definition) is 1. The van der Waals surface area contributed by atoms with Gasteiger partial charge in [-0.25, -0.2) is 0 Å². The Hall–Kier alpha value is -1.10. The molecule has 0 spiro atoms. The molecule has 0 bridgehead atoms. The fourth-order valence-electron chi connectivity index (χ4n) is 2.77.